The zero-order chi connectivity index (χ0) is 16.9. The van der Waals surface area contributed by atoms with Crippen molar-refractivity contribution >= 4 is 0 Å². The van der Waals surface area contributed by atoms with Crippen LogP contribution in [0.2, 0.25) is 0 Å². The normalized spacial score (nSPS) is 26.2. The number of hydrogen-bond donors (Lipinski definition) is 3. The van der Waals surface area contributed by atoms with Crippen molar-refractivity contribution in [2.75, 3.05) is 19.8 Å². The van der Waals surface area contributed by atoms with Gasteiger partial charge in [0.25, 0.3) is 0 Å². The van der Waals surface area contributed by atoms with Gasteiger partial charge in [0.2, 0.25) is 0 Å². The lowest BCUT2D eigenvalue weighted by molar-refractivity contribution is -0.0924. The molecule has 0 bridgehead atoms. The number of aliphatic hydroxyl groups excluding tert-OH is 3. The Morgan fingerprint density at radius 3 is 2.57 bits per heavy atom. The molecule has 4 atom stereocenters. The Bertz CT molecular complexity index is 308. The molecule has 0 aromatic rings. The maximum Gasteiger partial charge on any atom is 0.114 e. The lowest BCUT2D eigenvalue weighted by atomic mass is 10.1. The van der Waals surface area contributed by atoms with Gasteiger partial charge in [0.05, 0.1) is 19.8 Å². The highest BCUT2D eigenvalue weighted by atomic mass is 16.6. The van der Waals surface area contributed by atoms with E-state index in [1.807, 2.05) is 0 Å². The van der Waals surface area contributed by atoms with E-state index in [9.17, 15) is 10.2 Å². The Morgan fingerprint density at radius 2 is 1.83 bits per heavy atom. The van der Waals surface area contributed by atoms with Crippen molar-refractivity contribution in [1.82, 2.24) is 0 Å². The Kier molecular flexibility index (Phi) is 11.5. The van der Waals surface area contributed by atoms with E-state index in [4.69, 9.17) is 14.6 Å². The van der Waals surface area contributed by atoms with E-state index >= 15 is 0 Å². The van der Waals surface area contributed by atoms with Gasteiger partial charge < -0.3 is 24.8 Å². The molecule has 0 unspecified atom stereocenters. The summed E-state index contributed by atoms with van der Waals surface area (Å²) in [6, 6.07) is 0. The minimum atomic E-state index is -1.01. The fourth-order valence-electron chi connectivity index (χ4n) is 2.81. The second-order valence-electron chi connectivity index (χ2n) is 6.27. The summed E-state index contributed by atoms with van der Waals surface area (Å²) in [5.41, 5.74) is 0. The van der Waals surface area contributed by atoms with Gasteiger partial charge >= 0.3 is 0 Å². The molecule has 0 radical (unpaired) electrons. The van der Waals surface area contributed by atoms with Crippen molar-refractivity contribution in [3.63, 3.8) is 0 Å². The fraction of sp³-hybridized carbons (Fsp3) is 0.889. The Morgan fingerprint density at radius 1 is 1.13 bits per heavy atom. The molecule has 0 spiro atoms. The molecule has 1 rings (SSSR count). The molecule has 1 saturated heterocycles. The monoisotopic (exact) mass is 330 g/mol. The highest BCUT2D eigenvalue weighted by molar-refractivity contribution is 4.89. The summed E-state index contributed by atoms with van der Waals surface area (Å²) in [7, 11) is 0. The highest BCUT2D eigenvalue weighted by Gasteiger charge is 2.40. The summed E-state index contributed by atoms with van der Waals surface area (Å²) in [6.45, 7) is 2.45. The molecule has 0 aromatic carbocycles. The van der Waals surface area contributed by atoms with E-state index < -0.39 is 31.0 Å². The smallest absolute Gasteiger partial charge is 0.114 e. The topological polar surface area (TPSA) is 79.2 Å². The Balaban J connectivity index is 2.06. The standard InChI is InChI=1S/C18H34O5/c1-2-3-4-5-6-7-8-9-10-11-12-22-18-16(21)14-23-17(18)15(20)13-19/h9-10,15-21H,2-8,11-14H2,1H3/b10-9+/t15-,16+,17-,18-/m0/s1. The number of hydrogen-bond acceptors (Lipinski definition) is 5. The van der Waals surface area contributed by atoms with E-state index in [2.05, 4.69) is 19.1 Å². The van der Waals surface area contributed by atoms with Crippen molar-refractivity contribution < 1.29 is 24.8 Å². The summed E-state index contributed by atoms with van der Waals surface area (Å²) in [6.07, 6.45) is 11.0. The summed E-state index contributed by atoms with van der Waals surface area (Å²) in [5, 5.41) is 28.4. The van der Waals surface area contributed by atoms with Gasteiger partial charge in [-0.25, -0.2) is 0 Å². The van der Waals surface area contributed by atoms with Crippen molar-refractivity contribution in [3.05, 3.63) is 12.2 Å². The SMILES string of the molecule is CCCCCCCC/C=C/CCO[C@@H]1[C@H]([C@@H](O)CO)OC[C@H]1O. The first-order valence-corrected chi connectivity index (χ1v) is 9.05. The molecule has 1 aliphatic heterocycles. The second kappa shape index (κ2) is 12.9. The molecule has 23 heavy (non-hydrogen) atoms. The summed E-state index contributed by atoms with van der Waals surface area (Å²) < 4.78 is 10.9. The van der Waals surface area contributed by atoms with Gasteiger partial charge in [-0.15, -0.1) is 0 Å². The van der Waals surface area contributed by atoms with Crippen LogP contribution in [0.1, 0.15) is 58.3 Å². The number of rotatable bonds is 13. The molecule has 136 valence electrons. The van der Waals surface area contributed by atoms with Crippen LogP contribution in [0.3, 0.4) is 0 Å². The fourth-order valence-corrected chi connectivity index (χ4v) is 2.81. The predicted molar refractivity (Wildman–Crippen MR) is 90.3 cm³/mol. The average molecular weight is 330 g/mol. The highest BCUT2D eigenvalue weighted by Crippen LogP contribution is 2.21. The maximum absolute atomic E-state index is 9.80. The number of ether oxygens (including phenoxy) is 2. The first kappa shape index (κ1) is 20.6. The van der Waals surface area contributed by atoms with Crippen LogP contribution in [-0.4, -0.2) is 59.6 Å². The van der Waals surface area contributed by atoms with Crippen molar-refractivity contribution in [2.24, 2.45) is 0 Å². The molecule has 1 aliphatic rings. The van der Waals surface area contributed by atoms with Crippen LogP contribution >= 0.6 is 0 Å². The molecule has 5 heteroatoms. The van der Waals surface area contributed by atoms with Crippen LogP contribution in [0.25, 0.3) is 0 Å². The average Bonchev–Trinajstić information content (AvgIpc) is 2.93. The Hall–Kier alpha value is -0.460. The first-order chi connectivity index (χ1) is 11.2. The van der Waals surface area contributed by atoms with Crippen molar-refractivity contribution in [3.8, 4) is 0 Å². The van der Waals surface area contributed by atoms with Gasteiger partial charge in [-0.05, 0) is 19.3 Å². The van der Waals surface area contributed by atoms with Crippen LogP contribution in [0.15, 0.2) is 12.2 Å². The van der Waals surface area contributed by atoms with E-state index in [0.717, 1.165) is 12.8 Å². The largest absolute Gasteiger partial charge is 0.394 e. The molecule has 0 saturated carbocycles. The lowest BCUT2D eigenvalue weighted by Gasteiger charge is -2.23. The molecule has 3 N–H and O–H groups in total. The van der Waals surface area contributed by atoms with E-state index in [0.29, 0.717) is 6.61 Å². The Labute approximate surface area is 140 Å². The minimum Gasteiger partial charge on any atom is -0.394 e. The van der Waals surface area contributed by atoms with Gasteiger partial charge in [0.15, 0.2) is 0 Å². The maximum atomic E-state index is 9.80. The van der Waals surface area contributed by atoms with Gasteiger partial charge in [-0.1, -0.05) is 51.2 Å². The molecule has 0 amide bonds. The molecule has 0 aliphatic carbocycles. The van der Waals surface area contributed by atoms with Gasteiger partial charge in [-0.2, -0.15) is 0 Å². The van der Waals surface area contributed by atoms with Gasteiger partial charge in [0, 0.05) is 0 Å². The third kappa shape index (κ3) is 8.27. The van der Waals surface area contributed by atoms with Crippen molar-refractivity contribution in [2.45, 2.75) is 82.7 Å². The van der Waals surface area contributed by atoms with Gasteiger partial charge in [0.1, 0.15) is 24.4 Å². The summed E-state index contributed by atoms with van der Waals surface area (Å²) in [4.78, 5) is 0. The van der Waals surface area contributed by atoms with E-state index in [-0.39, 0.29) is 6.61 Å². The summed E-state index contributed by atoms with van der Waals surface area (Å²) in [5.74, 6) is 0. The van der Waals surface area contributed by atoms with Crippen LogP contribution in [0.5, 0.6) is 0 Å². The predicted octanol–water partition coefficient (Wildman–Crippen LogP) is 2.18. The zero-order valence-electron chi connectivity index (χ0n) is 14.4. The second-order valence-corrected chi connectivity index (χ2v) is 6.27. The quantitative estimate of drug-likeness (QED) is 0.356. The third-order valence-electron chi connectivity index (χ3n) is 4.21. The zero-order valence-corrected chi connectivity index (χ0v) is 14.4. The molecule has 1 heterocycles. The molecular formula is C18H34O5. The van der Waals surface area contributed by atoms with Crippen LogP contribution in [0.4, 0.5) is 0 Å². The summed E-state index contributed by atoms with van der Waals surface area (Å²) >= 11 is 0. The van der Waals surface area contributed by atoms with Crippen LogP contribution in [-0.2, 0) is 9.47 Å². The number of unbranched alkanes of at least 4 members (excludes halogenated alkanes) is 6. The molecule has 1 fully saturated rings. The van der Waals surface area contributed by atoms with E-state index in [1.54, 1.807) is 0 Å². The first-order valence-electron chi connectivity index (χ1n) is 9.05. The molecular weight excluding hydrogens is 296 g/mol. The van der Waals surface area contributed by atoms with Crippen molar-refractivity contribution in [1.29, 1.82) is 0 Å². The van der Waals surface area contributed by atoms with Crippen LogP contribution in [0, 0.1) is 0 Å². The minimum absolute atomic E-state index is 0.139. The van der Waals surface area contributed by atoms with E-state index in [1.165, 1.54) is 38.5 Å². The molecule has 0 aromatic heterocycles. The van der Waals surface area contributed by atoms with Crippen LogP contribution < -0.4 is 0 Å². The third-order valence-corrected chi connectivity index (χ3v) is 4.21. The molecule has 5 nitrogen and oxygen atoms in total. The lowest BCUT2D eigenvalue weighted by Crippen LogP contribution is -2.42. The number of allylic oxidation sites excluding steroid dienone is 1. The van der Waals surface area contributed by atoms with Gasteiger partial charge in [-0.3, -0.25) is 0 Å². The number of aliphatic hydroxyl groups is 3.